The maximum absolute atomic E-state index is 13.6. The summed E-state index contributed by atoms with van der Waals surface area (Å²) in [6, 6.07) is 6.17. The van der Waals surface area contributed by atoms with E-state index < -0.39 is 17.3 Å². The third kappa shape index (κ3) is 3.10. The molecule has 1 aliphatic rings. The SMILES string of the molecule is CCCNC(COc1ccccc1F)(C(N)=O)C1CC1. The Labute approximate surface area is 118 Å². The van der Waals surface area contributed by atoms with Gasteiger partial charge in [0.1, 0.15) is 12.1 Å². The van der Waals surface area contributed by atoms with Crippen molar-refractivity contribution in [3.63, 3.8) is 0 Å². The van der Waals surface area contributed by atoms with Crippen LogP contribution >= 0.6 is 0 Å². The van der Waals surface area contributed by atoms with Crippen LogP contribution in [0, 0.1) is 11.7 Å². The minimum atomic E-state index is -0.891. The van der Waals surface area contributed by atoms with Gasteiger partial charge in [0, 0.05) is 0 Å². The van der Waals surface area contributed by atoms with Gasteiger partial charge in [0.05, 0.1) is 0 Å². The molecule has 0 bridgehead atoms. The Kier molecular flexibility index (Phi) is 4.60. The van der Waals surface area contributed by atoms with Crippen LogP contribution in [0.4, 0.5) is 4.39 Å². The molecule has 1 aromatic carbocycles. The number of nitrogens with one attached hydrogen (secondary N) is 1. The number of carbonyl (C=O) groups is 1. The van der Waals surface area contributed by atoms with Gasteiger partial charge in [-0.2, -0.15) is 0 Å². The minimum Gasteiger partial charge on any atom is -0.488 e. The molecule has 3 N–H and O–H groups in total. The average molecular weight is 280 g/mol. The molecule has 1 aliphatic carbocycles. The number of carbonyl (C=O) groups excluding carboxylic acids is 1. The highest BCUT2D eigenvalue weighted by molar-refractivity contribution is 5.85. The molecule has 4 nitrogen and oxygen atoms in total. The summed E-state index contributed by atoms with van der Waals surface area (Å²) in [4.78, 5) is 11.9. The molecule has 20 heavy (non-hydrogen) atoms. The smallest absolute Gasteiger partial charge is 0.241 e. The average Bonchev–Trinajstić information content (AvgIpc) is 3.25. The van der Waals surface area contributed by atoms with Crippen molar-refractivity contribution in [1.82, 2.24) is 5.32 Å². The van der Waals surface area contributed by atoms with Crippen LogP contribution in [0.2, 0.25) is 0 Å². The summed E-state index contributed by atoms with van der Waals surface area (Å²) in [6.07, 6.45) is 2.78. The topological polar surface area (TPSA) is 64.3 Å². The molecule has 1 saturated carbocycles. The van der Waals surface area contributed by atoms with Gasteiger partial charge in [-0.15, -0.1) is 0 Å². The lowest BCUT2D eigenvalue weighted by Gasteiger charge is -2.31. The molecule has 1 aromatic rings. The molecule has 5 heteroatoms. The molecule has 0 saturated heterocycles. The molecule has 1 fully saturated rings. The molecule has 110 valence electrons. The van der Waals surface area contributed by atoms with Gasteiger partial charge < -0.3 is 15.8 Å². The van der Waals surface area contributed by atoms with Crippen molar-refractivity contribution in [1.29, 1.82) is 0 Å². The van der Waals surface area contributed by atoms with Crippen LogP contribution in [0.1, 0.15) is 26.2 Å². The standard InChI is InChI=1S/C15H21FN2O2/c1-2-9-18-15(14(17)19,11-7-8-11)10-20-13-6-4-3-5-12(13)16/h3-6,11,18H,2,7-10H2,1H3,(H2,17,19). The van der Waals surface area contributed by atoms with E-state index in [2.05, 4.69) is 5.32 Å². The van der Waals surface area contributed by atoms with Gasteiger partial charge in [-0.3, -0.25) is 4.79 Å². The monoisotopic (exact) mass is 280 g/mol. The lowest BCUT2D eigenvalue weighted by atomic mass is 9.93. The van der Waals surface area contributed by atoms with Crippen molar-refractivity contribution < 1.29 is 13.9 Å². The van der Waals surface area contributed by atoms with Gasteiger partial charge in [-0.25, -0.2) is 4.39 Å². The van der Waals surface area contributed by atoms with Crippen LogP contribution in [0.25, 0.3) is 0 Å². The molecule has 2 rings (SSSR count). The maximum atomic E-state index is 13.6. The predicted octanol–water partition coefficient (Wildman–Crippen LogP) is 1.84. The Morgan fingerprint density at radius 2 is 2.20 bits per heavy atom. The summed E-state index contributed by atoms with van der Waals surface area (Å²) < 4.78 is 19.1. The summed E-state index contributed by atoms with van der Waals surface area (Å²) >= 11 is 0. The van der Waals surface area contributed by atoms with Crippen molar-refractivity contribution >= 4 is 5.91 Å². The Morgan fingerprint density at radius 1 is 1.50 bits per heavy atom. The molecule has 1 atom stereocenters. The van der Waals surface area contributed by atoms with Gasteiger partial charge >= 0.3 is 0 Å². The van der Waals surface area contributed by atoms with E-state index in [0.717, 1.165) is 19.3 Å². The second-order valence-corrected chi connectivity index (χ2v) is 5.26. The lowest BCUT2D eigenvalue weighted by Crippen LogP contribution is -2.61. The van der Waals surface area contributed by atoms with Crippen LogP contribution in [0.15, 0.2) is 24.3 Å². The fraction of sp³-hybridized carbons (Fsp3) is 0.533. The van der Waals surface area contributed by atoms with Crippen molar-refractivity contribution in [2.24, 2.45) is 11.7 Å². The summed E-state index contributed by atoms with van der Waals surface area (Å²) in [5, 5.41) is 3.21. The number of halogens is 1. The highest BCUT2D eigenvalue weighted by Crippen LogP contribution is 2.40. The molecule has 0 spiro atoms. The van der Waals surface area contributed by atoms with E-state index in [9.17, 15) is 9.18 Å². The minimum absolute atomic E-state index is 0.0634. The highest BCUT2D eigenvalue weighted by atomic mass is 19.1. The molecule has 1 unspecified atom stereocenters. The van der Waals surface area contributed by atoms with Gasteiger partial charge in [-0.1, -0.05) is 19.1 Å². The van der Waals surface area contributed by atoms with Crippen LogP contribution < -0.4 is 15.8 Å². The number of ether oxygens (including phenoxy) is 1. The predicted molar refractivity (Wildman–Crippen MR) is 74.8 cm³/mol. The number of para-hydroxylation sites is 1. The molecule has 0 aliphatic heterocycles. The van der Waals surface area contributed by atoms with E-state index in [-0.39, 0.29) is 18.3 Å². The van der Waals surface area contributed by atoms with E-state index in [1.54, 1.807) is 18.2 Å². The third-order valence-electron chi connectivity index (χ3n) is 3.70. The second kappa shape index (κ2) is 6.22. The summed E-state index contributed by atoms with van der Waals surface area (Å²) in [5.74, 6) is -0.530. The van der Waals surface area contributed by atoms with Crippen molar-refractivity contribution in [3.05, 3.63) is 30.1 Å². The van der Waals surface area contributed by atoms with E-state index in [1.807, 2.05) is 6.92 Å². The summed E-state index contributed by atoms with van der Waals surface area (Å²) in [6.45, 7) is 2.76. The van der Waals surface area contributed by atoms with Crippen molar-refractivity contribution in [2.45, 2.75) is 31.7 Å². The largest absolute Gasteiger partial charge is 0.488 e. The maximum Gasteiger partial charge on any atom is 0.241 e. The van der Waals surface area contributed by atoms with Crippen molar-refractivity contribution in [2.75, 3.05) is 13.2 Å². The Hall–Kier alpha value is -1.62. The van der Waals surface area contributed by atoms with E-state index in [0.29, 0.717) is 6.54 Å². The van der Waals surface area contributed by atoms with Gasteiger partial charge in [0.15, 0.2) is 11.6 Å². The fourth-order valence-corrected chi connectivity index (χ4v) is 2.35. The van der Waals surface area contributed by atoms with E-state index in [1.165, 1.54) is 6.07 Å². The van der Waals surface area contributed by atoms with Gasteiger partial charge in [-0.05, 0) is 43.9 Å². The van der Waals surface area contributed by atoms with E-state index in [4.69, 9.17) is 10.5 Å². The Morgan fingerprint density at radius 3 is 2.75 bits per heavy atom. The zero-order chi connectivity index (χ0) is 14.6. The normalized spacial score (nSPS) is 17.5. The first-order valence-electron chi connectivity index (χ1n) is 7.02. The fourth-order valence-electron chi connectivity index (χ4n) is 2.35. The number of hydrogen-bond acceptors (Lipinski definition) is 3. The molecule has 1 amide bonds. The number of benzene rings is 1. The number of primary amides is 1. The number of rotatable bonds is 8. The first kappa shape index (κ1) is 14.8. The Bertz CT molecular complexity index is 477. The van der Waals surface area contributed by atoms with Gasteiger partial charge in [0.2, 0.25) is 5.91 Å². The number of hydrogen-bond donors (Lipinski definition) is 2. The highest BCUT2D eigenvalue weighted by Gasteiger charge is 2.50. The molecule has 0 aromatic heterocycles. The first-order chi connectivity index (χ1) is 9.60. The molecular weight excluding hydrogens is 259 g/mol. The van der Waals surface area contributed by atoms with Crippen LogP contribution in [0.5, 0.6) is 5.75 Å². The van der Waals surface area contributed by atoms with Crippen LogP contribution in [0.3, 0.4) is 0 Å². The van der Waals surface area contributed by atoms with Crippen LogP contribution in [-0.2, 0) is 4.79 Å². The zero-order valence-corrected chi connectivity index (χ0v) is 11.7. The zero-order valence-electron chi connectivity index (χ0n) is 11.7. The third-order valence-corrected chi connectivity index (χ3v) is 3.70. The quantitative estimate of drug-likeness (QED) is 0.763. The molecule has 0 heterocycles. The number of nitrogens with two attached hydrogens (primary N) is 1. The number of amides is 1. The van der Waals surface area contributed by atoms with Crippen LogP contribution in [-0.4, -0.2) is 24.6 Å². The second-order valence-electron chi connectivity index (χ2n) is 5.26. The first-order valence-corrected chi connectivity index (χ1v) is 7.02. The Balaban J connectivity index is 2.11. The summed E-state index contributed by atoms with van der Waals surface area (Å²) in [7, 11) is 0. The lowest BCUT2D eigenvalue weighted by molar-refractivity contribution is -0.126. The van der Waals surface area contributed by atoms with E-state index >= 15 is 0 Å². The van der Waals surface area contributed by atoms with Gasteiger partial charge in [0.25, 0.3) is 0 Å². The molecular formula is C15H21FN2O2. The summed E-state index contributed by atoms with van der Waals surface area (Å²) in [5.41, 5.74) is 4.69. The van der Waals surface area contributed by atoms with Crippen molar-refractivity contribution in [3.8, 4) is 5.75 Å². The molecule has 0 radical (unpaired) electrons.